The van der Waals surface area contributed by atoms with Crippen molar-refractivity contribution in [2.45, 2.75) is 84.1 Å². The predicted octanol–water partition coefficient (Wildman–Crippen LogP) is 1.97. The average molecular weight is 477 g/mol. The summed E-state index contributed by atoms with van der Waals surface area (Å²) in [5, 5.41) is 11.5. The fraction of sp³-hybridized carbons (Fsp3) is 0.600. The fourth-order valence-electron chi connectivity index (χ4n) is 4.43. The number of epoxide rings is 1. The summed E-state index contributed by atoms with van der Waals surface area (Å²) in [5.41, 5.74) is -1.32. The van der Waals surface area contributed by atoms with Gasteiger partial charge in [0, 0.05) is 22.6 Å². The summed E-state index contributed by atoms with van der Waals surface area (Å²) < 4.78 is 22.5. The van der Waals surface area contributed by atoms with E-state index in [4.69, 9.17) is 18.9 Å². The minimum Gasteiger partial charge on any atom is -0.454 e. The highest BCUT2D eigenvalue weighted by Gasteiger charge is 2.64. The lowest BCUT2D eigenvalue weighted by atomic mass is 9.76. The molecule has 2 heterocycles. The van der Waals surface area contributed by atoms with Gasteiger partial charge in [-0.25, -0.2) is 14.4 Å². The molecule has 1 saturated carbocycles. The topological polar surface area (TPSA) is 129 Å². The molecule has 3 aliphatic rings. The van der Waals surface area contributed by atoms with E-state index in [1.54, 1.807) is 33.8 Å². The van der Waals surface area contributed by atoms with Crippen molar-refractivity contribution in [1.29, 1.82) is 0 Å². The molecule has 0 unspecified atom stereocenters. The molecule has 34 heavy (non-hydrogen) atoms. The quantitative estimate of drug-likeness (QED) is 0.280. The van der Waals surface area contributed by atoms with Crippen LogP contribution in [0.25, 0.3) is 0 Å². The SMILES string of the molecule is C=C1C(=O)O[C@H]2[C@H]1[C@H](OC(=O)/C(C)=C\C)C(=O)[C@@H](C)C[C@@H]1O[C@H]1[C@@](C)(O)[C@@H]2OC(=O)/C(C)=C\C. The van der Waals surface area contributed by atoms with E-state index in [2.05, 4.69) is 6.58 Å². The molecule has 8 atom stereocenters. The van der Waals surface area contributed by atoms with Crippen molar-refractivity contribution in [2.75, 3.05) is 0 Å². The normalized spacial score (nSPS) is 38.4. The van der Waals surface area contributed by atoms with Gasteiger partial charge in [-0.3, -0.25) is 4.79 Å². The third-order valence-corrected chi connectivity index (χ3v) is 6.95. The maximum atomic E-state index is 13.5. The second-order valence-electron chi connectivity index (χ2n) is 9.38. The molecule has 3 rings (SSSR count). The molecule has 2 aliphatic heterocycles. The molecular formula is C25H32O9. The van der Waals surface area contributed by atoms with Crippen molar-refractivity contribution in [1.82, 2.24) is 0 Å². The van der Waals surface area contributed by atoms with E-state index in [1.807, 2.05) is 0 Å². The van der Waals surface area contributed by atoms with Gasteiger partial charge in [0.25, 0.3) is 0 Å². The lowest BCUT2D eigenvalue weighted by molar-refractivity contribution is -0.191. The van der Waals surface area contributed by atoms with Crippen molar-refractivity contribution < 1.29 is 43.2 Å². The third-order valence-electron chi connectivity index (χ3n) is 6.95. The van der Waals surface area contributed by atoms with Gasteiger partial charge in [-0.1, -0.05) is 25.7 Å². The molecule has 0 radical (unpaired) electrons. The Balaban J connectivity index is 2.12. The lowest BCUT2D eigenvalue weighted by Gasteiger charge is -2.38. The number of carbonyl (C=O) groups is 4. The highest BCUT2D eigenvalue weighted by atomic mass is 16.6. The first kappa shape index (κ1) is 25.8. The van der Waals surface area contributed by atoms with E-state index < -0.39 is 71.6 Å². The van der Waals surface area contributed by atoms with Crippen molar-refractivity contribution in [3.8, 4) is 0 Å². The molecule has 3 fully saturated rings. The van der Waals surface area contributed by atoms with Gasteiger partial charge in [-0.05, 0) is 41.0 Å². The Labute approximate surface area is 198 Å². The van der Waals surface area contributed by atoms with Crippen LogP contribution in [0, 0.1) is 11.8 Å². The number of allylic oxidation sites excluding steroid dienone is 2. The predicted molar refractivity (Wildman–Crippen MR) is 119 cm³/mol. The van der Waals surface area contributed by atoms with Gasteiger partial charge in [0.15, 0.2) is 24.1 Å². The molecule has 9 nitrogen and oxygen atoms in total. The van der Waals surface area contributed by atoms with Crippen LogP contribution in [0.15, 0.2) is 35.5 Å². The molecular weight excluding hydrogens is 444 g/mol. The second-order valence-corrected chi connectivity index (χ2v) is 9.38. The van der Waals surface area contributed by atoms with Crippen LogP contribution in [0.3, 0.4) is 0 Å². The summed E-state index contributed by atoms with van der Waals surface area (Å²) >= 11 is 0. The van der Waals surface area contributed by atoms with Gasteiger partial charge in [0.1, 0.15) is 11.7 Å². The first-order valence-corrected chi connectivity index (χ1v) is 11.3. The zero-order valence-electron chi connectivity index (χ0n) is 20.3. The van der Waals surface area contributed by atoms with E-state index in [-0.39, 0.29) is 23.1 Å². The van der Waals surface area contributed by atoms with Crippen molar-refractivity contribution in [2.24, 2.45) is 11.8 Å². The van der Waals surface area contributed by atoms with Gasteiger partial charge < -0.3 is 24.1 Å². The summed E-state index contributed by atoms with van der Waals surface area (Å²) in [5.74, 6) is -4.50. The summed E-state index contributed by atoms with van der Waals surface area (Å²) in [6.07, 6.45) is -2.07. The van der Waals surface area contributed by atoms with Crippen LogP contribution in [-0.4, -0.2) is 64.9 Å². The van der Waals surface area contributed by atoms with E-state index >= 15 is 0 Å². The highest BCUT2D eigenvalue weighted by molar-refractivity contribution is 5.97. The zero-order valence-corrected chi connectivity index (χ0v) is 20.3. The smallest absolute Gasteiger partial charge is 0.334 e. The van der Waals surface area contributed by atoms with Crippen LogP contribution in [0.5, 0.6) is 0 Å². The van der Waals surface area contributed by atoms with Gasteiger partial charge in [-0.15, -0.1) is 0 Å². The van der Waals surface area contributed by atoms with Crippen LogP contribution >= 0.6 is 0 Å². The minimum atomic E-state index is -1.77. The number of hydrogen-bond donors (Lipinski definition) is 1. The highest BCUT2D eigenvalue weighted by Crippen LogP contribution is 2.46. The number of aliphatic hydroxyl groups is 1. The first-order valence-electron chi connectivity index (χ1n) is 11.3. The Morgan fingerprint density at radius 1 is 1.12 bits per heavy atom. The standard InChI is InChI=1S/C25H32O9/c1-8-11(3)22(27)32-18-16-14(6)24(29)33-19(16)21(34-23(28)12(4)9-2)25(7,30)20-15(31-20)10-13(5)17(18)26/h8-9,13,15-16,18-21,30H,6,10H2,1-5,7H3/b11-8-,12-9-/t13-,15-,16+,18-,19-,20+,21+,25+/m0/s1. The largest absolute Gasteiger partial charge is 0.454 e. The van der Waals surface area contributed by atoms with Crippen LogP contribution in [0.1, 0.15) is 48.0 Å². The number of Topliss-reactive ketones (excluding diaryl/α,β-unsaturated/α-hetero) is 1. The van der Waals surface area contributed by atoms with Crippen LogP contribution in [0.2, 0.25) is 0 Å². The van der Waals surface area contributed by atoms with Crippen LogP contribution in [0.4, 0.5) is 0 Å². The minimum absolute atomic E-state index is 0.102. The van der Waals surface area contributed by atoms with Crippen LogP contribution in [-0.2, 0) is 38.1 Å². The van der Waals surface area contributed by atoms with Gasteiger partial charge >= 0.3 is 17.9 Å². The Bertz CT molecular complexity index is 973. The summed E-state index contributed by atoms with van der Waals surface area (Å²) in [6, 6.07) is 0. The fourth-order valence-corrected chi connectivity index (χ4v) is 4.43. The molecule has 1 N–H and O–H groups in total. The monoisotopic (exact) mass is 476 g/mol. The van der Waals surface area contributed by atoms with Crippen LogP contribution < -0.4 is 0 Å². The molecule has 0 spiro atoms. The van der Waals surface area contributed by atoms with Crippen molar-refractivity contribution in [3.63, 3.8) is 0 Å². The number of rotatable bonds is 4. The second kappa shape index (κ2) is 9.46. The molecule has 0 aromatic carbocycles. The summed E-state index contributed by atoms with van der Waals surface area (Å²) in [6.45, 7) is 13.3. The maximum Gasteiger partial charge on any atom is 0.334 e. The Morgan fingerprint density at radius 2 is 1.68 bits per heavy atom. The average Bonchev–Trinajstić information content (AvgIpc) is 3.52. The maximum absolute atomic E-state index is 13.5. The number of ketones is 1. The number of esters is 3. The number of fused-ring (bicyclic) bond motifs is 2. The number of carbonyl (C=O) groups excluding carboxylic acids is 4. The first-order chi connectivity index (χ1) is 15.8. The van der Waals surface area contributed by atoms with E-state index in [1.165, 1.54) is 19.9 Å². The Morgan fingerprint density at radius 3 is 2.24 bits per heavy atom. The molecule has 186 valence electrons. The molecule has 0 aromatic rings. The van der Waals surface area contributed by atoms with Crippen molar-refractivity contribution in [3.05, 3.63) is 35.5 Å². The molecule has 0 bridgehead atoms. The zero-order chi connectivity index (χ0) is 25.5. The van der Waals surface area contributed by atoms with Gasteiger partial charge in [0.2, 0.25) is 0 Å². The molecule has 1 aliphatic carbocycles. The van der Waals surface area contributed by atoms with E-state index in [0.717, 1.165) is 0 Å². The summed E-state index contributed by atoms with van der Waals surface area (Å²) in [4.78, 5) is 51.4. The number of hydrogen-bond acceptors (Lipinski definition) is 9. The Hall–Kier alpha value is -2.78. The number of ether oxygens (including phenoxy) is 4. The molecule has 9 heteroatoms. The molecule has 0 amide bonds. The van der Waals surface area contributed by atoms with E-state index in [9.17, 15) is 24.3 Å². The van der Waals surface area contributed by atoms with E-state index in [0.29, 0.717) is 0 Å². The third kappa shape index (κ3) is 4.59. The lowest BCUT2D eigenvalue weighted by Crippen LogP contribution is -2.58. The summed E-state index contributed by atoms with van der Waals surface area (Å²) in [7, 11) is 0. The Kier molecular flexibility index (Phi) is 7.19. The molecule has 0 aromatic heterocycles. The van der Waals surface area contributed by atoms with Crippen molar-refractivity contribution >= 4 is 23.7 Å². The molecule has 2 saturated heterocycles. The van der Waals surface area contributed by atoms with Gasteiger partial charge in [0.05, 0.1) is 12.0 Å². The van der Waals surface area contributed by atoms with Gasteiger partial charge in [-0.2, -0.15) is 0 Å².